The van der Waals surface area contributed by atoms with E-state index in [1.54, 1.807) is 6.07 Å². The molecule has 0 saturated carbocycles. The minimum absolute atomic E-state index is 0. The van der Waals surface area contributed by atoms with Crippen molar-refractivity contribution in [3.8, 4) is 0 Å². The van der Waals surface area contributed by atoms with Crippen LogP contribution in [-0.2, 0) is 0 Å². The quantitative estimate of drug-likeness (QED) is 0.252. The van der Waals surface area contributed by atoms with Crippen LogP contribution < -0.4 is 18.9 Å². The normalized spacial score (nSPS) is 6.70. The smallest absolute Gasteiger partial charge is 0.266 e. The van der Waals surface area contributed by atoms with Crippen molar-refractivity contribution < 1.29 is 23.3 Å². The van der Waals surface area contributed by atoms with Gasteiger partial charge in [0.1, 0.15) is 5.95 Å². The van der Waals surface area contributed by atoms with E-state index < -0.39 is 5.95 Å². The number of hydrogen-bond acceptors (Lipinski definition) is 1. The third-order valence-corrected chi connectivity index (χ3v) is 0.573. The van der Waals surface area contributed by atoms with Crippen molar-refractivity contribution in [3.05, 3.63) is 30.3 Å². The largest absolute Gasteiger partial charge is 1.00 e. The SMILES string of the molecule is CC.Fc1[c-]cccn1.[Li+]. The van der Waals surface area contributed by atoms with Crippen molar-refractivity contribution in [1.82, 2.24) is 4.98 Å². The molecule has 0 N–H and O–H groups in total. The Morgan fingerprint density at radius 2 is 2.10 bits per heavy atom. The van der Waals surface area contributed by atoms with Crippen molar-refractivity contribution in [3.63, 3.8) is 0 Å². The van der Waals surface area contributed by atoms with Crippen LogP contribution in [0, 0.1) is 12.0 Å². The van der Waals surface area contributed by atoms with E-state index in [0.29, 0.717) is 0 Å². The predicted octanol–water partition coefficient (Wildman–Crippen LogP) is -0.949. The molecule has 50 valence electrons. The number of nitrogens with zero attached hydrogens (tertiary/aromatic N) is 1. The van der Waals surface area contributed by atoms with Gasteiger partial charge < -0.3 is 0 Å². The van der Waals surface area contributed by atoms with Crippen LogP contribution in [0.25, 0.3) is 0 Å². The molecular formula is C7H9FLiN. The zero-order chi connectivity index (χ0) is 7.11. The fourth-order valence-corrected chi connectivity index (χ4v) is 0.306. The molecule has 1 nitrogen and oxygen atoms in total. The molecule has 1 rings (SSSR count). The van der Waals surface area contributed by atoms with Gasteiger partial charge in [-0.2, -0.15) is 12.1 Å². The maximum Gasteiger partial charge on any atom is 1.00 e. The topological polar surface area (TPSA) is 12.9 Å². The molecular weight excluding hydrogens is 124 g/mol. The van der Waals surface area contributed by atoms with Gasteiger partial charge in [0.15, 0.2) is 0 Å². The van der Waals surface area contributed by atoms with Gasteiger partial charge in [0, 0.05) is 0 Å². The molecule has 3 heteroatoms. The van der Waals surface area contributed by atoms with Crippen LogP contribution in [0.4, 0.5) is 4.39 Å². The monoisotopic (exact) mass is 133 g/mol. The summed E-state index contributed by atoms with van der Waals surface area (Å²) in [5.41, 5.74) is 0. The molecule has 0 amide bonds. The number of pyridine rings is 1. The van der Waals surface area contributed by atoms with E-state index in [-0.39, 0.29) is 18.9 Å². The fraction of sp³-hybridized carbons (Fsp3) is 0.286. The number of halogens is 1. The average Bonchev–Trinajstić information content (AvgIpc) is 1.94. The molecule has 0 aromatic carbocycles. The van der Waals surface area contributed by atoms with Crippen molar-refractivity contribution in [1.29, 1.82) is 0 Å². The van der Waals surface area contributed by atoms with Gasteiger partial charge in [-0.3, -0.25) is 4.98 Å². The van der Waals surface area contributed by atoms with Gasteiger partial charge in [0.2, 0.25) is 0 Å². The Hall–Kier alpha value is -0.323. The molecule has 0 aliphatic carbocycles. The van der Waals surface area contributed by atoms with Crippen LogP contribution in [0.1, 0.15) is 13.8 Å². The molecule has 0 spiro atoms. The summed E-state index contributed by atoms with van der Waals surface area (Å²) in [5.74, 6) is -0.553. The van der Waals surface area contributed by atoms with Crippen molar-refractivity contribution >= 4 is 0 Å². The third kappa shape index (κ3) is 5.81. The van der Waals surface area contributed by atoms with Crippen molar-refractivity contribution in [2.24, 2.45) is 0 Å². The van der Waals surface area contributed by atoms with Crippen LogP contribution in [0.5, 0.6) is 0 Å². The van der Waals surface area contributed by atoms with E-state index in [4.69, 9.17) is 0 Å². The van der Waals surface area contributed by atoms with Gasteiger partial charge >= 0.3 is 18.9 Å². The standard InChI is InChI=1S/C5H3FN.C2H6.Li/c6-5-3-1-2-4-7-5;1-2;/h1-2,4H;1-2H3;/q-1;;+1. The van der Waals surface area contributed by atoms with Crippen LogP contribution in [-0.4, -0.2) is 4.98 Å². The Morgan fingerprint density at radius 1 is 1.50 bits per heavy atom. The van der Waals surface area contributed by atoms with Crippen LogP contribution >= 0.6 is 0 Å². The first-order valence-corrected chi connectivity index (χ1v) is 2.88. The molecule has 0 atom stereocenters. The second kappa shape index (κ2) is 8.68. The van der Waals surface area contributed by atoms with Gasteiger partial charge in [0.05, 0.1) is 0 Å². The molecule has 0 radical (unpaired) electrons. The van der Waals surface area contributed by atoms with E-state index in [1.807, 2.05) is 13.8 Å². The summed E-state index contributed by atoms with van der Waals surface area (Å²) in [7, 11) is 0. The second-order valence-corrected chi connectivity index (χ2v) is 1.07. The Balaban J connectivity index is 0. The summed E-state index contributed by atoms with van der Waals surface area (Å²) in [5, 5.41) is 0. The summed E-state index contributed by atoms with van der Waals surface area (Å²) < 4.78 is 11.7. The Labute approximate surface area is 72.8 Å². The molecule has 1 aromatic rings. The maximum absolute atomic E-state index is 11.7. The molecule has 0 aliphatic heterocycles. The average molecular weight is 133 g/mol. The Bertz CT molecular complexity index is 144. The summed E-state index contributed by atoms with van der Waals surface area (Å²) in [6.45, 7) is 4.00. The van der Waals surface area contributed by atoms with Gasteiger partial charge in [-0.05, 0) is 0 Å². The Kier molecular flexibility index (Phi) is 10.7. The summed E-state index contributed by atoms with van der Waals surface area (Å²) in [6.07, 6.45) is 1.38. The second-order valence-electron chi connectivity index (χ2n) is 1.07. The molecule has 0 fully saturated rings. The molecule has 1 aromatic heterocycles. The first-order valence-electron chi connectivity index (χ1n) is 2.88. The number of hydrogen-bond donors (Lipinski definition) is 0. The first-order chi connectivity index (χ1) is 4.39. The van der Waals surface area contributed by atoms with Crippen LogP contribution in [0.3, 0.4) is 0 Å². The van der Waals surface area contributed by atoms with Crippen molar-refractivity contribution in [2.75, 3.05) is 0 Å². The summed E-state index contributed by atoms with van der Waals surface area (Å²) >= 11 is 0. The molecule has 0 unspecified atom stereocenters. The number of rotatable bonds is 0. The Morgan fingerprint density at radius 3 is 2.30 bits per heavy atom. The van der Waals surface area contributed by atoms with Crippen LogP contribution in [0.15, 0.2) is 18.3 Å². The van der Waals surface area contributed by atoms with Gasteiger partial charge in [-0.15, -0.1) is 0 Å². The van der Waals surface area contributed by atoms with E-state index in [9.17, 15) is 4.39 Å². The van der Waals surface area contributed by atoms with Crippen molar-refractivity contribution in [2.45, 2.75) is 13.8 Å². The maximum atomic E-state index is 11.7. The van der Waals surface area contributed by atoms with E-state index in [2.05, 4.69) is 11.1 Å². The molecule has 0 saturated heterocycles. The minimum atomic E-state index is -0.553. The van der Waals surface area contributed by atoms with Crippen LogP contribution in [0.2, 0.25) is 0 Å². The summed E-state index contributed by atoms with van der Waals surface area (Å²) in [4.78, 5) is 3.26. The molecule has 1 heterocycles. The molecule has 0 aliphatic rings. The first kappa shape index (κ1) is 12.4. The van der Waals surface area contributed by atoms with Gasteiger partial charge in [-0.1, -0.05) is 20.0 Å². The fourth-order valence-electron chi connectivity index (χ4n) is 0.306. The molecule has 0 bridgehead atoms. The zero-order valence-corrected chi connectivity index (χ0v) is 6.56. The van der Waals surface area contributed by atoms with E-state index in [1.165, 1.54) is 12.3 Å². The van der Waals surface area contributed by atoms with Gasteiger partial charge in [0.25, 0.3) is 0 Å². The minimum Gasteiger partial charge on any atom is -0.266 e. The zero-order valence-electron chi connectivity index (χ0n) is 6.56. The molecule has 10 heavy (non-hydrogen) atoms. The summed E-state index contributed by atoms with van der Waals surface area (Å²) in [6, 6.07) is 5.34. The van der Waals surface area contributed by atoms with E-state index in [0.717, 1.165) is 0 Å². The number of aromatic nitrogens is 1. The third-order valence-electron chi connectivity index (χ3n) is 0.573. The predicted molar refractivity (Wildman–Crippen MR) is 34.4 cm³/mol. The van der Waals surface area contributed by atoms with E-state index >= 15 is 0 Å². The van der Waals surface area contributed by atoms with Gasteiger partial charge in [-0.25, -0.2) is 10.5 Å².